The fourth-order valence-electron chi connectivity index (χ4n) is 3.61. The van der Waals surface area contributed by atoms with E-state index in [-0.39, 0.29) is 18.2 Å². The maximum absolute atomic E-state index is 12.1. The highest BCUT2D eigenvalue weighted by Gasteiger charge is 2.37. The molecule has 6 nitrogen and oxygen atoms in total. The Hall–Kier alpha value is -2.63. The van der Waals surface area contributed by atoms with Crippen molar-refractivity contribution in [1.82, 2.24) is 9.97 Å². The Bertz CT molecular complexity index is 792. The van der Waals surface area contributed by atoms with E-state index in [1.165, 1.54) is 11.1 Å². The molecule has 1 N–H and O–H groups in total. The van der Waals surface area contributed by atoms with Crippen LogP contribution in [0.5, 0.6) is 0 Å². The van der Waals surface area contributed by atoms with Crippen molar-refractivity contribution in [1.29, 1.82) is 0 Å². The normalized spacial score (nSPS) is 22.2. The molecule has 1 aromatic carbocycles. The van der Waals surface area contributed by atoms with Gasteiger partial charge in [0, 0.05) is 6.20 Å². The fraction of sp³-hybridized carbons (Fsp3) is 0.421. The largest absolute Gasteiger partial charge is 0.447 e. The predicted molar refractivity (Wildman–Crippen MR) is 95.6 cm³/mol. The van der Waals surface area contributed by atoms with Crippen LogP contribution in [0.3, 0.4) is 0 Å². The lowest BCUT2D eigenvalue weighted by molar-refractivity contribution is 0.177. The lowest BCUT2D eigenvalue weighted by Crippen LogP contribution is -2.37. The van der Waals surface area contributed by atoms with Gasteiger partial charge in [-0.05, 0) is 36.0 Å². The monoisotopic (exact) mass is 338 g/mol. The van der Waals surface area contributed by atoms with Crippen LogP contribution in [-0.4, -0.2) is 28.7 Å². The van der Waals surface area contributed by atoms with Gasteiger partial charge in [0.2, 0.25) is 5.95 Å². The van der Waals surface area contributed by atoms with Gasteiger partial charge in [0.1, 0.15) is 12.4 Å². The summed E-state index contributed by atoms with van der Waals surface area (Å²) < 4.78 is 5.22. The summed E-state index contributed by atoms with van der Waals surface area (Å²) in [4.78, 5) is 22.7. The standard InChI is InChI=1S/C19H22N4O2/c1-12(2)16-11-25-19(24)23(16)17-9-10-20-18(22-17)21-15-8-7-13-5-3-4-6-14(13)15/h3-6,9-10,12,15-16H,7-8,11H2,1-2H3,(H,20,21,22)/t15-,16?/m1/s1. The Morgan fingerprint density at radius 2 is 2.12 bits per heavy atom. The van der Waals surface area contributed by atoms with Crippen LogP contribution in [-0.2, 0) is 11.2 Å². The first kappa shape index (κ1) is 15.9. The van der Waals surface area contributed by atoms with E-state index in [0.29, 0.717) is 24.3 Å². The van der Waals surface area contributed by atoms with E-state index in [2.05, 4.69) is 53.4 Å². The zero-order chi connectivity index (χ0) is 17.4. The van der Waals surface area contributed by atoms with Crippen molar-refractivity contribution < 1.29 is 9.53 Å². The highest BCUT2D eigenvalue weighted by molar-refractivity contribution is 5.89. The van der Waals surface area contributed by atoms with Crippen LogP contribution in [0.25, 0.3) is 0 Å². The third-order valence-electron chi connectivity index (χ3n) is 5.00. The quantitative estimate of drug-likeness (QED) is 0.923. The van der Waals surface area contributed by atoms with Crippen LogP contribution in [0.1, 0.15) is 37.4 Å². The second-order valence-corrected chi connectivity index (χ2v) is 6.93. The Labute approximate surface area is 147 Å². The first-order valence-electron chi connectivity index (χ1n) is 8.77. The fourth-order valence-corrected chi connectivity index (χ4v) is 3.61. The van der Waals surface area contributed by atoms with Crippen LogP contribution in [0, 0.1) is 5.92 Å². The minimum atomic E-state index is -0.338. The lowest BCUT2D eigenvalue weighted by atomic mass is 10.0. The third kappa shape index (κ3) is 2.92. The molecule has 1 aliphatic heterocycles. The molecule has 1 aliphatic carbocycles. The van der Waals surface area contributed by atoms with Gasteiger partial charge in [0.25, 0.3) is 0 Å². The minimum absolute atomic E-state index is 0.00227. The second kappa shape index (κ2) is 6.35. The molecule has 4 rings (SSSR count). The molecule has 2 atom stereocenters. The first-order valence-corrected chi connectivity index (χ1v) is 8.77. The van der Waals surface area contributed by atoms with E-state index >= 15 is 0 Å². The van der Waals surface area contributed by atoms with Crippen molar-refractivity contribution in [2.24, 2.45) is 5.92 Å². The summed E-state index contributed by atoms with van der Waals surface area (Å²) >= 11 is 0. The average molecular weight is 338 g/mol. The van der Waals surface area contributed by atoms with E-state index in [1.54, 1.807) is 17.2 Å². The number of anilines is 2. The van der Waals surface area contributed by atoms with Gasteiger partial charge < -0.3 is 10.1 Å². The summed E-state index contributed by atoms with van der Waals surface area (Å²) in [5.74, 6) is 1.42. The number of hydrogen-bond donors (Lipinski definition) is 1. The highest BCUT2D eigenvalue weighted by Crippen LogP contribution is 2.33. The second-order valence-electron chi connectivity index (χ2n) is 6.93. The average Bonchev–Trinajstić information content (AvgIpc) is 3.19. The van der Waals surface area contributed by atoms with E-state index in [4.69, 9.17) is 4.74 Å². The van der Waals surface area contributed by atoms with Crippen LogP contribution in [0.15, 0.2) is 36.5 Å². The smallest absolute Gasteiger partial charge is 0.415 e. The number of hydrogen-bond acceptors (Lipinski definition) is 5. The van der Waals surface area contributed by atoms with Crippen LogP contribution >= 0.6 is 0 Å². The minimum Gasteiger partial charge on any atom is -0.447 e. The molecule has 1 saturated heterocycles. The van der Waals surface area contributed by atoms with E-state index in [1.807, 2.05) is 0 Å². The molecular weight excluding hydrogens is 316 g/mol. The zero-order valence-corrected chi connectivity index (χ0v) is 14.5. The molecule has 1 amide bonds. The Balaban J connectivity index is 1.57. The maximum atomic E-state index is 12.1. The molecule has 0 radical (unpaired) electrons. The lowest BCUT2D eigenvalue weighted by Gasteiger charge is -2.23. The molecule has 0 bridgehead atoms. The van der Waals surface area contributed by atoms with E-state index in [0.717, 1.165) is 12.8 Å². The number of nitrogens with one attached hydrogen (secondary N) is 1. The van der Waals surface area contributed by atoms with Crippen LogP contribution < -0.4 is 10.2 Å². The molecular formula is C19H22N4O2. The van der Waals surface area contributed by atoms with Gasteiger partial charge in [-0.2, -0.15) is 4.98 Å². The Kier molecular flexibility index (Phi) is 4.03. The van der Waals surface area contributed by atoms with E-state index < -0.39 is 0 Å². The van der Waals surface area contributed by atoms with Crippen molar-refractivity contribution in [2.75, 3.05) is 16.8 Å². The summed E-state index contributed by atoms with van der Waals surface area (Å²) in [6.07, 6.45) is 3.43. The van der Waals surface area contributed by atoms with Crippen LogP contribution in [0.2, 0.25) is 0 Å². The molecule has 2 aliphatic rings. The molecule has 0 spiro atoms. The number of amides is 1. The number of aryl methyl sites for hydroxylation is 1. The molecule has 0 saturated carbocycles. The number of benzene rings is 1. The van der Waals surface area contributed by atoms with Gasteiger partial charge in [-0.25, -0.2) is 9.78 Å². The van der Waals surface area contributed by atoms with Crippen molar-refractivity contribution in [3.63, 3.8) is 0 Å². The van der Waals surface area contributed by atoms with Gasteiger partial charge in [-0.15, -0.1) is 0 Å². The molecule has 25 heavy (non-hydrogen) atoms. The topological polar surface area (TPSA) is 67.3 Å². The number of rotatable bonds is 4. The molecule has 130 valence electrons. The summed E-state index contributed by atoms with van der Waals surface area (Å²) in [5, 5.41) is 3.42. The predicted octanol–water partition coefficient (Wildman–Crippen LogP) is 3.56. The summed E-state index contributed by atoms with van der Waals surface area (Å²) in [6, 6.07) is 10.4. The number of aromatic nitrogens is 2. The number of carbonyl (C=O) groups is 1. The number of carbonyl (C=O) groups excluding carboxylic acids is 1. The van der Waals surface area contributed by atoms with Gasteiger partial charge >= 0.3 is 6.09 Å². The number of cyclic esters (lactones) is 1. The SMILES string of the molecule is CC(C)C1COC(=O)N1c1ccnc(N[C@@H]2CCc3ccccc32)n1. The number of nitrogens with zero attached hydrogens (tertiary/aromatic N) is 3. The van der Waals surface area contributed by atoms with Gasteiger partial charge in [-0.3, -0.25) is 4.90 Å². The van der Waals surface area contributed by atoms with Crippen molar-refractivity contribution in [2.45, 2.75) is 38.8 Å². The molecule has 2 heterocycles. The number of ether oxygens (including phenoxy) is 1. The van der Waals surface area contributed by atoms with Gasteiger partial charge in [0.05, 0.1) is 12.1 Å². The molecule has 1 unspecified atom stereocenters. The summed E-state index contributed by atoms with van der Waals surface area (Å²) in [5.41, 5.74) is 2.68. The Morgan fingerprint density at radius 1 is 1.28 bits per heavy atom. The first-order chi connectivity index (χ1) is 12.1. The van der Waals surface area contributed by atoms with Crippen molar-refractivity contribution >= 4 is 17.9 Å². The summed E-state index contributed by atoms with van der Waals surface area (Å²) in [7, 11) is 0. The van der Waals surface area contributed by atoms with Gasteiger partial charge in [-0.1, -0.05) is 38.1 Å². The van der Waals surface area contributed by atoms with Crippen molar-refractivity contribution in [3.8, 4) is 0 Å². The van der Waals surface area contributed by atoms with Crippen molar-refractivity contribution in [3.05, 3.63) is 47.7 Å². The highest BCUT2D eigenvalue weighted by atomic mass is 16.6. The summed E-state index contributed by atoms with van der Waals surface area (Å²) in [6.45, 7) is 4.56. The molecule has 2 aromatic rings. The Morgan fingerprint density at radius 3 is 2.96 bits per heavy atom. The number of fused-ring (bicyclic) bond motifs is 1. The molecule has 6 heteroatoms. The third-order valence-corrected chi connectivity index (χ3v) is 5.00. The molecule has 1 fully saturated rings. The van der Waals surface area contributed by atoms with Crippen LogP contribution in [0.4, 0.5) is 16.6 Å². The maximum Gasteiger partial charge on any atom is 0.415 e. The van der Waals surface area contributed by atoms with E-state index in [9.17, 15) is 4.79 Å². The van der Waals surface area contributed by atoms with Gasteiger partial charge in [0.15, 0.2) is 0 Å². The zero-order valence-electron chi connectivity index (χ0n) is 14.5. The molecule has 1 aromatic heterocycles.